The monoisotopic (exact) mass is 355 g/mol. The van der Waals surface area contributed by atoms with E-state index in [0.717, 1.165) is 12.8 Å². The molecule has 24 heavy (non-hydrogen) atoms. The van der Waals surface area contributed by atoms with Gasteiger partial charge in [0, 0.05) is 18.9 Å². The normalized spacial score (nSPS) is 17.2. The quantitative estimate of drug-likeness (QED) is 0.687. The third-order valence-corrected chi connectivity index (χ3v) is 5.45. The lowest BCUT2D eigenvalue weighted by atomic mass is 9.92. The van der Waals surface area contributed by atoms with Crippen LogP contribution >= 0.6 is 0 Å². The van der Waals surface area contributed by atoms with Gasteiger partial charge in [-0.3, -0.25) is 9.52 Å². The molecule has 4 N–H and O–H groups in total. The number of sulfonamides is 1. The molecule has 7 nitrogen and oxygen atoms in total. The van der Waals surface area contributed by atoms with Crippen LogP contribution in [0.3, 0.4) is 0 Å². The van der Waals surface area contributed by atoms with Crippen LogP contribution in [0.5, 0.6) is 0 Å². The topological polar surface area (TPSA) is 111 Å². The molecule has 1 aromatic rings. The maximum Gasteiger partial charge on any atom is 0.241 e. The molecule has 134 valence electrons. The molecule has 1 saturated heterocycles. The number of hydrogen-bond acceptors (Lipinski definition) is 5. The summed E-state index contributed by atoms with van der Waals surface area (Å²) >= 11 is 0. The van der Waals surface area contributed by atoms with Crippen molar-refractivity contribution in [2.45, 2.75) is 32.2 Å². The van der Waals surface area contributed by atoms with Crippen LogP contribution in [-0.2, 0) is 19.6 Å². The number of rotatable bonds is 7. The van der Waals surface area contributed by atoms with E-state index in [-0.39, 0.29) is 17.6 Å². The Morgan fingerprint density at radius 2 is 2.00 bits per heavy atom. The van der Waals surface area contributed by atoms with Gasteiger partial charge < -0.3 is 15.8 Å². The van der Waals surface area contributed by atoms with Crippen molar-refractivity contribution in [2.75, 3.05) is 29.0 Å². The van der Waals surface area contributed by atoms with Crippen LogP contribution in [0.15, 0.2) is 24.3 Å². The summed E-state index contributed by atoms with van der Waals surface area (Å²) in [6.07, 6.45) is 2.07. The highest BCUT2D eigenvalue weighted by Gasteiger charge is 2.26. The number of ether oxygens (including phenoxy) is 1. The van der Waals surface area contributed by atoms with Gasteiger partial charge in [-0.2, -0.15) is 0 Å². The van der Waals surface area contributed by atoms with Crippen LogP contribution in [-0.4, -0.2) is 39.3 Å². The van der Waals surface area contributed by atoms with Crippen molar-refractivity contribution in [1.82, 2.24) is 0 Å². The molecule has 0 saturated carbocycles. The number of carbonyl (C=O) groups excluding carboxylic acids is 1. The molecular formula is C16H25N3O4S. The van der Waals surface area contributed by atoms with E-state index in [1.165, 1.54) is 0 Å². The maximum atomic E-state index is 12.3. The Kier molecular flexibility index (Phi) is 6.59. The van der Waals surface area contributed by atoms with Crippen LogP contribution in [0.25, 0.3) is 0 Å². The van der Waals surface area contributed by atoms with E-state index in [4.69, 9.17) is 10.5 Å². The van der Waals surface area contributed by atoms with Gasteiger partial charge in [-0.05, 0) is 43.4 Å². The van der Waals surface area contributed by atoms with Crippen LogP contribution < -0.4 is 15.8 Å². The second kappa shape index (κ2) is 8.46. The molecule has 8 heteroatoms. The molecule has 2 rings (SSSR count). The van der Waals surface area contributed by atoms with Gasteiger partial charge in [0.25, 0.3) is 0 Å². The second-order valence-electron chi connectivity index (χ2n) is 5.97. The Bertz CT molecular complexity index is 657. The molecule has 0 radical (unpaired) electrons. The summed E-state index contributed by atoms with van der Waals surface area (Å²) in [7, 11) is -3.36. The first-order valence-corrected chi connectivity index (χ1v) is 9.81. The number of carbonyl (C=O) groups is 1. The minimum Gasteiger partial charge on any atom is -0.381 e. The van der Waals surface area contributed by atoms with Gasteiger partial charge >= 0.3 is 0 Å². The van der Waals surface area contributed by atoms with Gasteiger partial charge in [0.15, 0.2) is 0 Å². The van der Waals surface area contributed by atoms with E-state index < -0.39 is 16.1 Å². The lowest BCUT2D eigenvalue weighted by Crippen LogP contribution is -2.44. The molecule has 0 aliphatic carbocycles. The summed E-state index contributed by atoms with van der Waals surface area (Å²) in [5.41, 5.74) is 6.97. The first-order chi connectivity index (χ1) is 11.4. The Labute approximate surface area is 143 Å². The number of amides is 1. The summed E-state index contributed by atoms with van der Waals surface area (Å²) in [6.45, 7) is 3.05. The molecule has 1 heterocycles. The van der Waals surface area contributed by atoms with Crippen molar-refractivity contribution >= 4 is 27.3 Å². The zero-order valence-corrected chi connectivity index (χ0v) is 14.6. The first-order valence-electron chi connectivity index (χ1n) is 8.16. The molecule has 0 aromatic heterocycles. The maximum absolute atomic E-state index is 12.3. The van der Waals surface area contributed by atoms with E-state index in [1.54, 1.807) is 31.2 Å². The van der Waals surface area contributed by atoms with Gasteiger partial charge in [0.05, 0.1) is 17.5 Å². The summed E-state index contributed by atoms with van der Waals surface area (Å²) in [6, 6.07) is 6.00. The Balaban J connectivity index is 1.99. The van der Waals surface area contributed by atoms with E-state index in [0.29, 0.717) is 31.0 Å². The molecule has 1 atom stereocenters. The van der Waals surface area contributed by atoms with Gasteiger partial charge in [-0.15, -0.1) is 0 Å². The fourth-order valence-corrected chi connectivity index (χ4v) is 3.80. The summed E-state index contributed by atoms with van der Waals surface area (Å²) in [5.74, 6) is -0.112. The van der Waals surface area contributed by atoms with Crippen LogP contribution in [0, 0.1) is 5.92 Å². The van der Waals surface area contributed by atoms with Gasteiger partial charge in [-0.25, -0.2) is 8.42 Å². The van der Waals surface area contributed by atoms with E-state index in [2.05, 4.69) is 10.0 Å². The molecular weight excluding hydrogens is 330 g/mol. The second-order valence-corrected chi connectivity index (χ2v) is 7.81. The zero-order chi connectivity index (χ0) is 17.6. The summed E-state index contributed by atoms with van der Waals surface area (Å²) < 4.78 is 31.4. The molecule has 1 aliphatic heterocycles. The third-order valence-electron chi connectivity index (χ3n) is 3.95. The molecule has 0 bridgehead atoms. The zero-order valence-electron chi connectivity index (χ0n) is 13.8. The Morgan fingerprint density at radius 1 is 1.33 bits per heavy atom. The van der Waals surface area contributed by atoms with Crippen LogP contribution in [0.1, 0.15) is 26.2 Å². The highest BCUT2D eigenvalue weighted by Crippen LogP contribution is 2.20. The van der Waals surface area contributed by atoms with Crippen LogP contribution in [0.2, 0.25) is 0 Å². The average Bonchev–Trinajstić information content (AvgIpc) is 2.54. The third kappa shape index (κ3) is 5.47. The predicted octanol–water partition coefficient (Wildman–Crippen LogP) is 1.53. The Morgan fingerprint density at radius 3 is 2.67 bits per heavy atom. The number of anilines is 2. The SMILES string of the molecule is CCCS(=O)(=O)Nc1cccc(NC(=O)C(N)C2CCOCC2)c1. The summed E-state index contributed by atoms with van der Waals surface area (Å²) in [5, 5.41) is 2.76. The van der Waals surface area contributed by atoms with E-state index in [1.807, 2.05) is 0 Å². The lowest BCUT2D eigenvalue weighted by Gasteiger charge is -2.26. The lowest BCUT2D eigenvalue weighted by molar-refractivity contribution is -0.119. The number of benzene rings is 1. The highest BCUT2D eigenvalue weighted by atomic mass is 32.2. The largest absolute Gasteiger partial charge is 0.381 e. The minimum absolute atomic E-state index is 0.0538. The molecule has 0 spiro atoms. The fourth-order valence-electron chi connectivity index (χ4n) is 2.67. The molecule has 1 unspecified atom stereocenters. The van der Waals surface area contributed by atoms with Gasteiger partial charge in [0.1, 0.15) is 0 Å². The molecule has 1 amide bonds. The first kappa shape index (κ1) is 18.7. The summed E-state index contributed by atoms with van der Waals surface area (Å²) in [4.78, 5) is 12.3. The highest BCUT2D eigenvalue weighted by molar-refractivity contribution is 7.92. The smallest absolute Gasteiger partial charge is 0.241 e. The molecule has 1 fully saturated rings. The average molecular weight is 355 g/mol. The van der Waals surface area contributed by atoms with E-state index in [9.17, 15) is 13.2 Å². The van der Waals surface area contributed by atoms with Crippen LogP contribution in [0.4, 0.5) is 11.4 Å². The predicted molar refractivity (Wildman–Crippen MR) is 94.3 cm³/mol. The molecule has 1 aromatic carbocycles. The fraction of sp³-hybridized carbons (Fsp3) is 0.562. The minimum atomic E-state index is -3.36. The number of nitrogens with two attached hydrogens (primary N) is 1. The van der Waals surface area contributed by atoms with Crippen molar-refractivity contribution in [3.05, 3.63) is 24.3 Å². The van der Waals surface area contributed by atoms with Crippen molar-refractivity contribution in [3.8, 4) is 0 Å². The van der Waals surface area contributed by atoms with Crippen molar-refractivity contribution < 1.29 is 17.9 Å². The number of hydrogen-bond donors (Lipinski definition) is 3. The molecule has 1 aliphatic rings. The van der Waals surface area contributed by atoms with Crippen molar-refractivity contribution in [2.24, 2.45) is 11.7 Å². The Hall–Kier alpha value is -1.64. The van der Waals surface area contributed by atoms with Gasteiger partial charge in [0.2, 0.25) is 15.9 Å². The number of nitrogens with one attached hydrogen (secondary N) is 2. The standard InChI is InChI=1S/C16H25N3O4S/c1-2-10-24(21,22)19-14-5-3-4-13(11-14)18-16(20)15(17)12-6-8-23-9-7-12/h3-5,11-12,15,19H,2,6-10,17H2,1H3,(H,18,20). The van der Waals surface area contributed by atoms with Gasteiger partial charge in [-0.1, -0.05) is 13.0 Å². The van der Waals surface area contributed by atoms with E-state index >= 15 is 0 Å². The van der Waals surface area contributed by atoms with Crippen molar-refractivity contribution in [1.29, 1.82) is 0 Å². The van der Waals surface area contributed by atoms with Crippen molar-refractivity contribution in [3.63, 3.8) is 0 Å².